The molecule has 0 aromatic carbocycles. The van der Waals surface area contributed by atoms with Crippen LogP contribution >= 0.6 is 32.9 Å². The van der Waals surface area contributed by atoms with Crippen LogP contribution in [-0.2, 0) is 23.7 Å². The summed E-state index contributed by atoms with van der Waals surface area (Å²) < 4.78 is 0. The Balaban J connectivity index is 0. The van der Waals surface area contributed by atoms with E-state index in [0.717, 1.165) is 29.4 Å². The van der Waals surface area contributed by atoms with E-state index in [2.05, 4.69) is 64.5 Å². The first kappa shape index (κ1) is 29.5. The first-order valence-corrected chi connectivity index (χ1v) is 13.2. The predicted octanol–water partition coefficient (Wildman–Crippen LogP) is 7.48. The summed E-state index contributed by atoms with van der Waals surface area (Å²) in [5.41, 5.74) is 2.15. The number of aromatic nitrogens is 2. The molecule has 150 valence electrons. The molecule has 0 spiro atoms. The molecule has 0 aliphatic carbocycles. The van der Waals surface area contributed by atoms with Gasteiger partial charge in [-0.25, -0.2) is 4.98 Å². The van der Waals surface area contributed by atoms with Crippen molar-refractivity contribution in [2.75, 3.05) is 0 Å². The van der Waals surface area contributed by atoms with Gasteiger partial charge in [0.05, 0.1) is 11.6 Å². The van der Waals surface area contributed by atoms with Crippen LogP contribution in [0.5, 0.6) is 0 Å². The summed E-state index contributed by atoms with van der Waals surface area (Å²) in [7, 11) is 4.76. The molecule has 0 N–H and O–H groups in total. The van der Waals surface area contributed by atoms with Crippen LogP contribution in [0.2, 0.25) is 10.2 Å². The Hall–Kier alpha value is -0.717. The van der Waals surface area contributed by atoms with Crippen molar-refractivity contribution in [3.05, 3.63) is 65.0 Å². The zero-order chi connectivity index (χ0) is 22.4. The third-order valence-electron chi connectivity index (χ3n) is 2.35. The molecule has 2 heterocycles. The van der Waals surface area contributed by atoms with Gasteiger partial charge in [0, 0.05) is 23.1 Å². The maximum atomic E-state index is 8.68. The van der Waals surface area contributed by atoms with Crippen molar-refractivity contribution in [2.45, 2.75) is 48.0 Å². The van der Waals surface area contributed by atoms with Gasteiger partial charge in [-0.15, -0.1) is 0 Å². The van der Waals surface area contributed by atoms with E-state index in [1.165, 1.54) is 0 Å². The first-order chi connectivity index (χ1) is 12.8. The Morgan fingerprint density at radius 3 is 1.86 bits per heavy atom. The summed E-state index contributed by atoms with van der Waals surface area (Å²) in [4.78, 5) is 7.94. The fourth-order valence-electron chi connectivity index (χ4n) is 1.57. The molecule has 28 heavy (non-hydrogen) atoms. The summed E-state index contributed by atoms with van der Waals surface area (Å²) in [5.74, 6) is 0. The minimum absolute atomic E-state index is 0.223. The van der Waals surface area contributed by atoms with E-state index in [9.17, 15) is 0 Å². The van der Waals surface area contributed by atoms with Crippen molar-refractivity contribution in [1.82, 2.24) is 9.97 Å². The van der Waals surface area contributed by atoms with Gasteiger partial charge < -0.3 is 6.92 Å². The second-order valence-electron chi connectivity index (χ2n) is 8.24. The second-order valence-corrected chi connectivity index (χ2v) is 9.07. The molecule has 3 nitrogen and oxygen atoms in total. The predicted molar refractivity (Wildman–Crippen MR) is 117 cm³/mol. The van der Waals surface area contributed by atoms with E-state index >= 15 is 0 Å². The van der Waals surface area contributed by atoms with Crippen LogP contribution < -0.4 is 0 Å². The molecule has 0 atom stereocenters. The van der Waals surface area contributed by atoms with Gasteiger partial charge in [0.1, 0.15) is 5.15 Å². The number of hydrogen-bond acceptors (Lipinski definition) is 3. The molecule has 2 aromatic heterocycles. The molecule has 0 saturated heterocycles. The molecule has 0 aliphatic heterocycles. The quantitative estimate of drug-likeness (QED) is 0.235. The van der Waals surface area contributed by atoms with E-state index in [1.807, 2.05) is 6.07 Å². The summed E-state index contributed by atoms with van der Waals surface area (Å²) >= 11 is 11.8. The van der Waals surface area contributed by atoms with Crippen molar-refractivity contribution in [1.29, 1.82) is 5.26 Å². The molecule has 7 heteroatoms. The number of nitriles is 1. The zero-order valence-corrected chi connectivity index (χ0v) is 22.8. The standard InChI is InChI=1S/C11H14N2.C5H3Cl2N.C5H11.ClH.Zn/c1-11(2,3)7-10-6-9(8-12)4-5-13-10;6-4-1-2-8-5(7)3-4;1-5(2,3)4;;/h4-6H,7H2,1-3H3;1-3H;1H2,2-4H3;1H;/q;;-1;;+2/p-1. The average Bonchev–Trinajstić information content (AvgIpc) is 2.54. The van der Waals surface area contributed by atoms with Gasteiger partial charge in [0.2, 0.25) is 0 Å². The van der Waals surface area contributed by atoms with E-state index < -0.39 is 0 Å². The number of halogens is 3. The fourth-order valence-corrected chi connectivity index (χ4v) is 1.96. The van der Waals surface area contributed by atoms with Crippen molar-refractivity contribution in [3.8, 4) is 6.07 Å². The molecular weight excluding hydrogens is 466 g/mol. The van der Waals surface area contributed by atoms with Gasteiger partial charge in [-0.3, -0.25) is 4.98 Å². The van der Waals surface area contributed by atoms with Crippen LogP contribution in [0.15, 0.2) is 36.7 Å². The monoisotopic (exact) mass is 491 g/mol. The SMILES string of the molecule is CC(C)(C)Cc1cc(C#N)ccn1.Clc1ccnc(Cl)c1.[CH2-]C(C)(C)C.[Cl][Zn+]. The normalized spacial score (nSPS) is 10.1. The zero-order valence-electron chi connectivity index (χ0n) is 17.6. The third kappa shape index (κ3) is 21.6. The Bertz CT molecular complexity index is 695. The number of rotatable bonds is 1. The Labute approximate surface area is 194 Å². The Morgan fingerprint density at radius 2 is 1.50 bits per heavy atom. The van der Waals surface area contributed by atoms with Crippen molar-refractivity contribution < 1.29 is 17.3 Å². The summed E-state index contributed by atoms with van der Waals surface area (Å²) in [6, 6.07) is 8.95. The van der Waals surface area contributed by atoms with E-state index in [0.29, 0.717) is 15.7 Å². The van der Waals surface area contributed by atoms with Crippen LogP contribution in [0.25, 0.3) is 0 Å². The number of pyridine rings is 2. The second kappa shape index (κ2) is 15.2. The molecule has 0 saturated carbocycles. The first-order valence-electron chi connectivity index (χ1n) is 8.54. The van der Waals surface area contributed by atoms with Crippen molar-refractivity contribution >= 4 is 32.9 Å². The molecule has 2 rings (SSSR count). The van der Waals surface area contributed by atoms with Gasteiger partial charge in [-0.05, 0) is 36.1 Å². The summed E-state index contributed by atoms with van der Waals surface area (Å²) in [6.07, 6.45) is 4.16. The molecule has 0 aliphatic rings. The van der Waals surface area contributed by atoms with Gasteiger partial charge >= 0.3 is 27.0 Å². The Morgan fingerprint density at radius 1 is 1.00 bits per heavy atom. The van der Waals surface area contributed by atoms with Gasteiger partial charge in [-0.2, -0.15) is 10.7 Å². The number of nitrogens with zero attached hydrogens (tertiary/aromatic N) is 3. The molecule has 2 aromatic rings. The molecule has 0 amide bonds. The molecular formula is C21H28Cl3N3Zn. The topological polar surface area (TPSA) is 49.6 Å². The van der Waals surface area contributed by atoms with Crippen LogP contribution in [0.4, 0.5) is 0 Å². The molecule has 0 radical (unpaired) electrons. The fraction of sp³-hybridized carbons (Fsp3) is 0.429. The van der Waals surface area contributed by atoms with Gasteiger partial charge in [-0.1, -0.05) is 64.7 Å². The van der Waals surface area contributed by atoms with Crippen molar-refractivity contribution in [2.24, 2.45) is 10.8 Å². The van der Waals surface area contributed by atoms with Crippen LogP contribution in [0, 0.1) is 29.1 Å². The molecule has 0 bridgehead atoms. The summed E-state index contributed by atoms with van der Waals surface area (Å²) in [6.45, 7) is 16.5. The van der Waals surface area contributed by atoms with E-state index in [-0.39, 0.29) is 10.8 Å². The van der Waals surface area contributed by atoms with Crippen LogP contribution in [0.1, 0.15) is 52.8 Å². The van der Waals surface area contributed by atoms with Crippen LogP contribution in [0.3, 0.4) is 0 Å². The average molecular weight is 494 g/mol. The van der Waals surface area contributed by atoms with E-state index in [4.69, 9.17) is 38.2 Å². The minimum atomic E-state index is 0.223. The van der Waals surface area contributed by atoms with Gasteiger partial charge in [0.25, 0.3) is 0 Å². The summed E-state index contributed by atoms with van der Waals surface area (Å²) in [5, 5.41) is 9.73. The molecule has 0 fully saturated rings. The number of hydrogen-bond donors (Lipinski definition) is 0. The van der Waals surface area contributed by atoms with Gasteiger partial charge in [0.15, 0.2) is 0 Å². The van der Waals surface area contributed by atoms with Crippen LogP contribution in [-0.4, -0.2) is 9.97 Å². The third-order valence-corrected chi connectivity index (χ3v) is 2.79. The van der Waals surface area contributed by atoms with E-state index in [1.54, 1.807) is 30.6 Å². The van der Waals surface area contributed by atoms with Crippen molar-refractivity contribution in [3.63, 3.8) is 0 Å². The Kier molecular flexibility index (Phi) is 16.0. The molecule has 0 unspecified atom stereocenters. The maximum absolute atomic E-state index is 8.68.